The van der Waals surface area contributed by atoms with E-state index in [1.54, 1.807) is 0 Å². The molecule has 0 aromatic rings. The van der Waals surface area contributed by atoms with Gasteiger partial charge >= 0.3 is 5.97 Å². The summed E-state index contributed by atoms with van der Waals surface area (Å²) < 4.78 is 4.90. The number of rotatable bonds is 3. The van der Waals surface area contributed by atoms with E-state index in [-0.39, 0.29) is 30.5 Å². The number of carbonyl (C=O) groups is 1. The smallest absolute Gasteiger partial charge is 0.336 e. The van der Waals surface area contributed by atoms with Crippen LogP contribution in [-0.2, 0) is 9.53 Å². The molecule has 0 aromatic carbocycles. The lowest BCUT2D eigenvalue weighted by atomic mass is 9.46. The zero-order chi connectivity index (χ0) is 18.4. The Morgan fingerprint density at radius 3 is 2.64 bits per heavy atom. The maximum Gasteiger partial charge on any atom is 0.336 e. The third kappa shape index (κ3) is 2.86. The molecule has 2 saturated carbocycles. The van der Waals surface area contributed by atoms with Crippen molar-refractivity contribution in [2.24, 2.45) is 22.7 Å². The Labute approximate surface area is 149 Å². The van der Waals surface area contributed by atoms with Crippen molar-refractivity contribution in [3.63, 3.8) is 0 Å². The van der Waals surface area contributed by atoms with Crippen molar-refractivity contribution in [3.8, 4) is 0 Å². The van der Waals surface area contributed by atoms with Crippen molar-refractivity contribution in [1.82, 2.24) is 0 Å². The molecule has 25 heavy (non-hydrogen) atoms. The molecule has 5 nitrogen and oxygen atoms in total. The Balaban J connectivity index is 1.89. The molecule has 0 unspecified atom stereocenters. The summed E-state index contributed by atoms with van der Waals surface area (Å²) in [5, 5.41) is 30.4. The van der Waals surface area contributed by atoms with Gasteiger partial charge in [-0.2, -0.15) is 0 Å². The van der Waals surface area contributed by atoms with Gasteiger partial charge in [0.15, 0.2) is 0 Å². The molecular weight excluding hydrogens is 320 g/mol. The molecule has 3 rings (SSSR count). The number of cyclic esters (lactones) is 1. The number of aliphatic hydroxyl groups excluding tert-OH is 3. The predicted octanol–water partition coefficient (Wildman–Crippen LogP) is 1.96. The van der Waals surface area contributed by atoms with E-state index in [4.69, 9.17) is 4.74 Å². The summed E-state index contributed by atoms with van der Waals surface area (Å²) in [6.07, 6.45) is 4.42. The van der Waals surface area contributed by atoms with E-state index in [1.807, 2.05) is 13.0 Å². The summed E-state index contributed by atoms with van der Waals surface area (Å²) in [4.78, 5) is 11.8. The van der Waals surface area contributed by atoms with E-state index in [0.29, 0.717) is 18.4 Å². The Morgan fingerprint density at radius 1 is 1.32 bits per heavy atom. The van der Waals surface area contributed by atoms with Gasteiger partial charge in [0, 0.05) is 5.41 Å². The van der Waals surface area contributed by atoms with Crippen molar-refractivity contribution in [2.45, 2.75) is 58.2 Å². The van der Waals surface area contributed by atoms with Crippen LogP contribution in [0.5, 0.6) is 0 Å². The number of hydrogen-bond donors (Lipinski definition) is 3. The van der Waals surface area contributed by atoms with Gasteiger partial charge in [0.1, 0.15) is 12.7 Å². The van der Waals surface area contributed by atoms with Crippen LogP contribution in [0.15, 0.2) is 23.8 Å². The Kier molecular flexibility index (Phi) is 4.86. The van der Waals surface area contributed by atoms with Gasteiger partial charge in [0.25, 0.3) is 0 Å². The second-order valence-corrected chi connectivity index (χ2v) is 8.54. The van der Waals surface area contributed by atoms with Crippen molar-refractivity contribution in [3.05, 3.63) is 23.8 Å². The first-order chi connectivity index (χ1) is 11.7. The maximum atomic E-state index is 11.8. The molecule has 6 atom stereocenters. The zero-order valence-corrected chi connectivity index (χ0v) is 15.2. The van der Waals surface area contributed by atoms with Crippen molar-refractivity contribution < 1.29 is 24.9 Å². The number of ether oxygens (including phenoxy) is 1. The molecule has 1 aliphatic heterocycles. The lowest BCUT2D eigenvalue weighted by molar-refractivity contribution is -0.151. The number of esters is 1. The Morgan fingerprint density at radius 2 is 2.04 bits per heavy atom. The van der Waals surface area contributed by atoms with Gasteiger partial charge in [-0.05, 0) is 49.4 Å². The SMILES string of the molecule is C=C1CC[C@H]2[C@](C)(CO)[C@@H](O)CC[C@@]2(C)[C@@H]1C/C=C1\C(=O)OC[C@@H]1O. The second kappa shape index (κ2) is 6.53. The standard InChI is InChI=1S/C20H30O5/c1-12-4-7-16-19(2,9-8-17(23)20(16,3)11-21)14(12)6-5-13-15(22)10-25-18(13)24/h5,14-17,21-23H,1,4,6-11H2,2-3H3/b13-5-/t14-,15+,16-,17+,19+,20+/m1/s1. The number of fused-ring (bicyclic) bond motifs is 1. The monoisotopic (exact) mass is 350 g/mol. The minimum absolute atomic E-state index is 0.0280. The van der Waals surface area contributed by atoms with Crippen molar-refractivity contribution in [1.29, 1.82) is 0 Å². The summed E-state index contributed by atoms with van der Waals surface area (Å²) in [5.74, 6) is -0.0734. The molecule has 1 saturated heterocycles. The molecule has 0 spiro atoms. The van der Waals surface area contributed by atoms with Crippen molar-refractivity contribution >= 4 is 5.97 Å². The van der Waals surface area contributed by atoms with Crippen LogP contribution >= 0.6 is 0 Å². The van der Waals surface area contributed by atoms with Crippen LogP contribution in [0.4, 0.5) is 0 Å². The zero-order valence-electron chi connectivity index (χ0n) is 15.2. The molecule has 3 fully saturated rings. The summed E-state index contributed by atoms with van der Waals surface area (Å²) in [6, 6.07) is 0. The first-order valence-electron chi connectivity index (χ1n) is 9.26. The Hall–Kier alpha value is -1.17. The summed E-state index contributed by atoms with van der Waals surface area (Å²) in [7, 11) is 0. The van der Waals surface area contributed by atoms with Gasteiger partial charge in [-0.15, -0.1) is 0 Å². The lowest BCUT2D eigenvalue weighted by Gasteiger charge is -2.59. The molecule has 0 amide bonds. The third-order valence-corrected chi connectivity index (χ3v) is 7.23. The van der Waals surface area contributed by atoms with Crippen LogP contribution in [0, 0.1) is 22.7 Å². The van der Waals surface area contributed by atoms with Gasteiger partial charge in [0.05, 0.1) is 18.3 Å². The van der Waals surface area contributed by atoms with Crippen LogP contribution in [0.3, 0.4) is 0 Å². The highest BCUT2D eigenvalue weighted by molar-refractivity contribution is 5.91. The van der Waals surface area contributed by atoms with E-state index < -0.39 is 23.6 Å². The van der Waals surface area contributed by atoms with Crippen LogP contribution in [-0.4, -0.2) is 46.7 Å². The average molecular weight is 350 g/mol. The summed E-state index contributed by atoms with van der Waals surface area (Å²) >= 11 is 0. The largest absolute Gasteiger partial charge is 0.459 e. The number of carbonyl (C=O) groups excluding carboxylic acids is 1. The van der Waals surface area contributed by atoms with E-state index in [1.165, 1.54) is 0 Å². The van der Waals surface area contributed by atoms with E-state index in [2.05, 4.69) is 13.5 Å². The molecule has 1 heterocycles. The first kappa shape index (κ1) is 18.6. The summed E-state index contributed by atoms with van der Waals surface area (Å²) in [5.41, 5.74) is 0.911. The van der Waals surface area contributed by atoms with Crippen LogP contribution in [0.2, 0.25) is 0 Å². The molecule has 140 valence electrons. The molecule has 3 aliphatic rings. The first-order valence-corrected chi connectivity index (χ1v) is 9.26. The van der Waals surface area contributed by atoms with Crippen LogP contribution in [0.25, 0.3) is 0 Å². The lowest BCUT2D eigenvalue weighted by Crippen LogP contribution is -2.57. The highest BCUT2D eigenvalue weighted by Gasteiger charge is 2.57. The van der Waals surface area contributed by atoms with Crippen LogP contribution in [0.1, 0.15) is 46.0 Å². The molecule has 5 heteroatoms. The average Bonchev–Trinajstić information content (AvgIpc) is 2.89. The highest BCUT2D eigenvalue weighted by Crippen LogP contribution is 2.61. The van der Waals surface area contributed by atoms with Gasteiger partial charge in [0.2, 0.25) is 0 Å². The molecular formula is C20H30O5. The van der Waals surface area contributed by atoms with E-state index in [9.17, 15) is 20.1 Å². The van der Waals surface area contributed by atoms with Gasteiger partial charge in [-0.1, -0.05) is 32.1 Å². The third-order valence-electron chi connectivity index (χ3n) is 7.23. The Bertz CT molecular complexity index is 597. The van der Waals surface area contributed by atoms with E-state index in [0.717, 1.165) is 24.8 Å². The maximum absolute atomic E-state index is 11.8. The predicted molar refractivity (Wildman–Crippen MR) is 93.6 cm³/mol. The topological polar surface area (TPSA) is 87.0 Å². The van der Waals surface area contributed by atoms with Crippen LogP contribution < -0.4 is 0 Å². The second-order valence-electron chi connectivity index (χ2n) is 8.54. The number of hydrogen-bond acceptors (Lipinski definition) is 5. The molecule has 0 radical (unpaired) electrons. The number of allylic oxidation sites excluding steroid dienone is 2. The summed E-state index contributed by atoms with van der Waals surface area (Å²) in [6.45, 7) is 8.50. The molecule has 2 aliphatic carbocycles. The normalized spacial score (nSPS) is 46.2. The van der Waals surface area contributed by atoms with Gasteiger partial charge in [-0.3, -0.25) is 0 Å². The molecule has 0 aromatic heterocycles. The fourth-order valence-electron chi connectivity index (χ4n) is 5.56. The van der Waals surface area contributed by atoms with Gasteiger partial charge < -0.3 is 20.1 Å². The minimum Gasteiger partial charge on any atom is -0.459 e. The van der Waals surface area contributed by atoms with Gasteiger partial charge in [-0.25, -0.2) is 4.79 Å². The molecule has 0 bridgehead atoms. The highest BCUT2D eigenvalue weighted by atomic mass is 16.6. The van der Waals surface area contributed by atoms with E-state index >= 15 is 0 Å². The fourth-order valence-corrected chi connectivity index (χ4v) is 5.56. The fraction of sp³-hybridized carbons (Fsp3) is 0.750. The minimum atomic E-state index is -0.844. The number of aliphatic hydroxyl groups is 3. The van der Waals surface area contributed by atoms with Crippen molar-refractivity contribution in [2.75, 3.05) is 13.2 Å². The quantitative estimate of drug-likeness (QED) is 0.411. The molecule has 3 N–H and O–H groups in total.